The van der Waals surface area contributed by atoms with Gasteiger partial charge in [0.25, 0.3) is 0 Å². The van der Waals surface area contributed by atoms with Gasteiger partial charge in [-0.2, -0.15) is 0 Å². The van der Waals surface area contributed by atoms with E-state index in [9.17, 15) is 9.59 Å². The normalized spacial score (nSPS) is 27.7. The predicted octanol–water partition coefficient (Wildman–Crippen LogP) is 0.258. The van der Waals surface area contributed by atoms with Gasteiger partial charge >= 0.3 is 5.97 Å². The Morgan fingerprint density at radius 3 is 2.83 bits per heavy atom. The fourth-order valence-corrected chi connectivity index (χ4v) is 2.46. The van der Waals surface area contributed by atoms with E-state index in [1.165, 1.54) is 4.90 Å². The van der Waals surface area contributed by atoms with Crippen molar-refractivity contribution in [1.82, 2.24) is 4.90 Å². The zero-order chi connectivity index (χ0) is 13.0. The van der Waals surface area contributed by atoms with Gasteiger partial charge < -0.3 is 19.5 Å². The molecule has 2 aliphatic heterocycles. The van der Waals surface area contributed by atoms with Crippen molar-refractivity contribution in [3.8, 4) is 0 Å². The smallest absolute Gasteiger partial charge is 0.326 e. The van der Waals surface area contributed by atoms with Gasteiger partial charge in [-0.1, -0.05) is 0 Å². The van der Waals surface area contributed by atoms with E-state index >= 15 is 0 Å². The Bertz CT molecular complexity index is 314. The number of nitrogens with zero attached hydrogens (tertiary/aromatic N) is 1. The molecule has 0 spiro atoms. The van der Waals surface area contributed by atoms with E-state index in [4.69, 9.17) is 14.6 Å². The van der Waals surface area contributed by atoms with Crippen molar-refractivity contribution in [3.63, 3.8) is 0 Å². The highest BCUT2D eigenvalue weighted by Gasteiger charge is 2.33. The number of amides is 1. The molecule has 0 aromatic rings. The summed E-state index contributed by atoms with van der Waals surface area (Å²) in [6.07, 6.45) is 3.37. The number of aliphatic carboxylic acids is 1. The summed E-state index contributed by atoms with van der Waals surface area (Å²) in [7, 11) is 0. The molecule has 0 radical (unpaired) electrons. The molecule has 1 N–H and O–H groups in total. The van der Waals surface area contributed by atoms with Gasteiger partial charge in [0.05, 0.1) is 12.7 Å². The van der Waals surface area contributed by atoms with E-state index in [1.807, 2.05) is 0 Å². The second kappa shape index (κ2) is 6.15. The molecule has 2 aliphatic rings. The largest absolute Gasteiger partial charge is 0.480 e. The van der Waals surface area contributed by atoms with Crippen molar-refractivity contribution in [1.29, 1.82) is 0 Å². The molecule has 6 nitrogen and oxygen atoms in total. The van der Waals surface area contributed by atoms with Gasteiger partial charge in [-0.3, -0.25) is 4.79 Å². The summed E-state index contributed by atoms with van der Waals surface area (Å²) in [6.45, 7) is 1.63. The standard InChI is InChI=1S/C12H19NO5/c14-11(8-17-7-9-3-2-6-18-9)13-5-1-4-10(13)12(15)16/h9-10H,1-8H2,(H,15,16)/t9?,10-/m1/s1. The van der Waals surface area contributed by atoms with Crippen LogP contribution in [0, 0.1) is 0 Å². The maximum absolute atomic E-state index is 11.8. The van der Waals surface area contributed by atoms with Crippen molar-refractivity contribution in [2.75, 3.05) is 26.4 Å². The number of likely N-dealkylation sites (tertiary alicyclic amines) is 1. The summed E-state index contributed by atoms with van der Waals surface area (Å²) in [4.78, 5) is 24.2. The lowest BCUT2D eigenvalue weighted by Crippen LogP contribution is -2.42. The monoisotopic (exact) mass is 257 g/mol. The first kappa shape index (κ1) is 13.3. The molecule has 2 atom stereocenters. The van der Waals surface area contributed by atoms with Crippen LogP contribution in [0.4, 0.5) is 0 Å². The van der Waals surface area contributed by atoms with Crippen molar-refractivity contribution in [2.24, 2.45) is 0 Å². The summed E-state index contributed by atoms with van der Waals surface area (Å²) in [6, 6.07) is -0.677. The lowest BCUT2D eigenvalue weighted by atomic mass is 10.2. The fraction of sp³-hybridized carbons (Fsp3) is 0.833. The second-order valence-corrected chi connectivity index (χ2v) is 4.73. The van der Waals surface area contributed by atoms with Gasteiger partial charge in [-0.15, -0.1) is 0 Å². The van der Waals surface area contributed by atoms with Gasteiger partial charge in [0.2, 0.25) is 5.91 Å². The third-order valence-electron chi connectivity index (χ3n) is 3.41. The summed E-state index contributed by atoms with van der Waals surface area (Å²) in [5, 5.41) is 8.98. The van der Waals surface area contributed by atoms with Crippen LogP contribution in [0.1, 0.15) is 25.7 Å². The van der Waals surface area contributed by atoms with Crippen LogP contribution in [0.3, 0.4) is 0 Å². The highest BCUT2D eigenvalue weighted by molar-refractivity contribution is 5.84. The molecule has 2 saturated heterocycles. The molecule has 2 heterocycles. The first-order valence-corrected chi connectivity index (χ1v) is 6.40. The molecule has 2 rings (SSSR count). The van der Waals surface area contributed by atoms with Crippen LogP contribution < -0.4 is 0 Å². The number of rotatable bonds is 5. The summed E-state index contributed by atoms with van der Waals surface area (Å²) in [5.41, 5.74) is 0. The topological polar surface area (TPSA) is 76.1 Å². The maximum Gasteiger partial charge on any atom is 0.326 e. The molecular weight excluding hydrogens is 238 g/mol. The molecule has 0 aromatic carbocycles. The molecule has 0 aliphatic carbocycles. The molecule has 0 saturated carbocycles. The van der Waals surface area contributed by atoms with Crippen molar-refractivity contribution < 1.29 is 24.2 Å². The van der Waals surface area contributed by atoms with Gasteiger partial charge in [-0.05, 0) is 25.7 Å². The Labute approximate surface area is 106 Å². The summed E-state index contributed by atoms with van der Waals surface area (Å²) < 4.78 is 10.7. The fourth-order valence-electron chi connectivity index (χ4n) is 2.46. The first-order chi connectivity index (χ1) is 8.68. The molecule has 0 bridgehead atoms. The highest BCUT2D eigenvalue weighted by atomic mass is 16.5. The first-order valence-electron chi connectivity index (χ1n) is 6.40. The van der Waals surface area contributed by atoms with Crippen LogP contribution in [0.2, 0.25) is 0 Å². The van der Waals surface area contributed by atoms with Crippen molar-refractivity contribution in [2.45, 2.75) is 37.8 Å². The van der Waals surface area contributed by atoms with Gasteiger partial charge in [0.1, 0.15) is 12.6 Å². The van der Waals surface area contributed by atoms with Crippen LogP contribution in [-0.2, 0) is 19.1 Å². The third-order valence-corrected chi connectivity index (χ3v) is 3.41. The SMILES string of the molecule is O=C(O)[C@H]1CCCN1C(=O)COCC1CCCO1. The second-order valence-electron chi connectivity index (χ2n) is 4.73. The molecule has 2 fully saturated rings. The Balaban J connectivity index is 1.71. The zero-order valence-corrected chi connectivity index (χ0v) is 10.3. The van der Waals surface area contributed by atoms with Crippen LogP contribution in [0.25, 0.3) is 0 Å². The van der Waals surface area contributed by atoms with E-state index in [0.717, 1.165) is 25.9 Å². The zero-order valence-electron chi connectivity index (χ0n) is 10.3. The van der Waals surface area contributed by atoms with Crippen LogP contribution in [0.15, 0.2) is 0 Å². The minimum Gasteiger partial charge on any atom is -0.480 e. The van der Waals surface area contributed by atoms with Gasteiger partial charge in [-0.25, -0.2) is 4.79 Å². The highest BCUT2D eigenvalue weighted by Crippen LogP contribution is 2.18. The molecule has 0 aromatic heterocycles. The van der Waals surface area contributed by atoms with E-state index in [2.05, 4.69) is 0 Å². The minimum absolute atomic E-state index is 0.0519. The number of carbonyl (C=O) groups excluding carboxylic acids is 1. The Kier molecular flexibility index (Phi) is 4.54. The number of carboxylic acids is 1. The summed E-state index contributed by atoms with van der Waals surface area (Å²) in [5.74, 6) is -1.17. The number of hydrogen-bond acceptors (Lipinski definition) is 4. The van der Waals surface area contributed by atoms with Crippen LogP contribution in [0.5, 0.6) is 0 Å². The Hall–Kier alpha value is -1.14. The van der Waals surface area contributed by atoms with Crippen LogP contribution >= 0.6 is 0 Å². The lowest BCUT2D eigenvalue weighted by molar-refractivity contribution is -0.150. The number of ether oxygens (including phenoxy) is 2. The Morgan fingerprint density at radius 2 is 2.17 bits per heavy atom. The molecule has 1 amide bonds. The molecule has 102 valence electrons. The number of hydrogen-bond donors (Lipinski definition) is 1. The lowest BCUT2D eigenvalue weighted by Gasteiger charge is -2.21. The molecular formula is C12H19NO5. The third kappa shape index (κ3) is 3.20. The number of carboxylic acid groups (broad SMARTS) is 1. The average molecular weight is 257 g/mol. The van der Waals surface area contributed by atoms with Gasteiger partial charge in [0.15, 0.2) is 0 Å². The van der Waals surface area contributed by atoms with E-state index in [-0.39, 0.29) is 18.6 Å². The predicted molar refractivity (Wildman–Crippen MR) is 62.2 cm³/mol. The quantitative estimate of drug-likeness (QED) is 0.764. The van der Waals surface area contributed by atoms with E-state index in [0.29, 0.717) is 19.6 Å². The van der Waals surface area contributed by atoms with Crippen molar-refractivity contribution in [3.05, 3.63) is 0 Å². The number of carbonyl (C=O) groups is 2. The molecule has 6 heteroatoms. The van der Waals surface area contributed by atoms with E-state index < -0.39 is 12.0 Å². The minimum atomic E-state index is -0.931. The average Bonchev–Trinajstić information content (AvgIpc) is 2.99. The molecule has 18 heavy (non-hydrogen) atoms. The maximum atomic E-state index is 11.8. The van der Waals surface area contributed by atoms with Crippen LogP contribution in [-0.4, -0.2) is 60.4 Å². The van der Waals surface area contributed by atoms with E-state index in [1.54, 1.807) is 0 Å². The molecule has 1 unspecified atom stereocenters. The van der Waals surface area contributed by atoms with Crippen molar-refractivity contribution >= 4 is 11.9 Å². The summed E-state index contributed by atoms with van der Waals surface area (Å²) >= 11 is 0. The van der Waals surface area contributed by atoms with Gasteiger partial charge in [0, 0.05) is 13.2 Å². The Morgan fingerprint density at radius 1 is 1.33 bits per heavy atom.